The summed E-state index contributed by atoms with van der Waals surface area (Å²) in [6.07, 6.45) is 1.49. The van der Waals surface area contributed by atoms with Crippen LogP contribution in [-0.2, 0) is 10.8 Å². The standard InChI is InChI=1S/C10H12N2O3S/c13-10(14)8-1-2-11-9(7-8)12-3-5-16(15)6-4-12/h1-2,7H,3-6H2,(H,13,14). The smallest absolute Gasteiger partial charge is 0.335 e. The van der Waals surface area contributed by atoms with Crippen molar-refractivity contribution in [3.8, 4) is 0 Å². The van der Waals surface area contributed by atoms with Gasteiger partial charge in [0.1, 0.15) is 5.82 Å². The molecule has 0 unspecified atom stereocenters. The van der Waals surface area contributed by atoms with E-state index in [4.69, 9.17) is 5.11 Å². The van der Waals surface area contributed by atoms with E-state index in [0.717, 1.165) is 0 Å². The first-order valence-electron chi connectivity index (χ1n) is 4.96. The van der Waals surface area contributed by atoms with Gasteiger partial charge in [-0.05, 0) is 12.1 Å². The third-order valence-electron chi connectivity index (χ3n) is 2.49. The van der Waals surface area contributed by atoms with Gasteiger partial charge in [-0.15, -0.1) is 0 Å². The van der Waals surface area contributed by atoms with Crippen LogP contribution < -0.4 is 4.90 Å². The first-order chi connectivity index (χ1) is 7.66. The molecule has 0 aliphatic carbocycles. The lowest BCUT2D eigenvalue weighted by Gasteiger charge is -2.27. The summed E-state index contributed by atoms with van der Waals surface area (Å²) in [6, 6.07) is 3.02. The first kappa shape index (κ1) is 11.1. The lowest BCUT2D eigenvalue weighted by atomic mass is 10.2. The maximum atomic E-state index is 11.2. The van der Waals surface area contributed by atoms with Crippen LogP contribution in [0, 0.1) is 0 Å². The molecule has 1 aliphatic rings. The molecule has 1 saturated heterocycles. The lowest BCUT2D eigenvalue weighted by molar-refractivity contribution is 0.0697. The topological polar surface area (TPSA) is 70.5 Å². The Labute approximate surface area is 95.6 Å². The van der Waals surface area contributed by atoms with E-state index in [-0.39, 0.29) is 5.56 Å². The molecule has 1 N–H and O–H groups in total. The molecule has 1 fully saturated rings. The molecule has 16 heavy (non-hydrogen) atoms. The highest BCUT2D eigenvalue weighted by atomic mass is 32.2. The molecular weight excluding hydrogens is 228 g/mol. The summed E-state index contributed by atoms with van der Waals surface area (Å²) < 4.78 is 11.2. The average molecular weight is 240 g/mol. The average Bonchev–Trinajstić information content (AvgIpc) is 2.30. The molecule has 5 nitrogen and oxygen atoms in total. The van der Waals surface area contributed by atoms with E-state index in [1.54, 1.807) is 6.07 Å². The van der Waals surface area contributed by atoms with Crippen molar-refractivity contribution in [2.45, 2.75) is 0 Å². The maximum absolute atomic E-state index is 11.2. The molecule has 0 aromatic carbocycles. The zero-order chi connectivity index (χ0) is 11.5. The summed E-state index contributed by atoms with van der Waals surface area (Å²) in [5.41, 5.74) is 0.233. The molecule has 0 spiro atoms. The summed E-state index contributed by atoms with van der Waals surface area (Å²) in [5.74, 6) is 0.943. The Kier molecular flexibility index (Phi) is 3.19. The number of carboxylic acid groups (broad SMARTS) is 1. The predicted octanol–water partition coefficient (Wildman–Crippen LogP) is 0.349. The minimum Gasteiger partial charge on any atom is -0.478 e. The summed E-state index contributed by atoms with van der Waals surface area (Å²) >= 11 is 0. The van der Waals surface area contributed by atoms with Crippen molar-refractivity contribution in [3.05, 3.63) is 23.9 Å². The monoisotopic (exact) mass is 240 g/mol. The molecule has 2 heterocycles. The largest absolute Gasteiger partial charge is 0.478 e. The van der Waals surface area contributed by atoms with Gasteiger partial charge < -0.3 is 10.0 Å². The molecule has 0 saturated carbocycles. The lowest BCUT2D eigenvalue weighted by Crippen LogP contribution is -2.38. The zero-order valence-electron chi connectivity index (χ0n) is 8.63. The second kappa shape index (κ2) is 4.61. The Morgan fingerprint density at radius 2 is 2.12 bits per heavy atom. The minimum absolute atomic E-state index is 0.233. The second-order valence-corrected chi connectivity index (χ2v) is 5.24. The third-order valence-corrected chi connectivity index (χ3v) is 3.77. The summed E-state index contributed by atoms with van der Waals surface area (Å²) in [5, 5.41) is 8.85. The van der Waals surface area contributed by atoms with Crippen molar-refractivity contribution in [1.29, 1.82) is 0 Å². The number of hydrogen-bond acceptors (Lipinski definition) is 4. The number of carbonyl (C=O) groups is 1. The number of aromatic nitrogens is 1. The molecule has 0 amide bonds. The Hall–Kier alpha value is -1.43. The highest BCUT2D eigenvalue weighted by Crippen LogP contribution is 2.14. The summed E-state index contributed by atoms with van der Waals surface area (Å²) in [4.78, 5) is 16.9. The Morgan fingerprint density at radius 3 is 2.75 bits per heavy atom. The maximum Gasteiger partial charge on any atom is 0.335 e. The summed E-state index contributed by atoms with van der Waals surface area (Å²) in [7, 11) is -0.735. The van der Waals surface area contributed by atoms with Crippen molar-refractivity contribution in [3.63, 3.8) is 0 Å². The van der Waals surface area contributed by atoms with Gasteiger partial charge in [0.15, 0.2) is 0 Å². The molecule has 1 aliphatic heterocycles. The second-order valence-electron chi connectivity index (χ2n) is 3.54. The first-order valence-corrected chi connectivity index (χ1v) is 6.45. The van der Waals surface area contributed by atoms with Crippen LogP contribution in [0.4, 0.5) is 5.82 Å². The molecule has 0 bridgehead atoms. The fraction of sp³-hybridized carbons (Fsp3) is 0.400. The third kappa shape index (κ3) is 2.38. The molecule has 0 radical (unpaired) electrons. The minimum atomic E-state index is -0.954. The van der Waals surface area contributed by atoms with Gasteiger partial charge in [0.2, 0.25) is 0 Å². The SMILES string of the molecule is O=C(O)c1ccnc(N2CCS(=O)CC2)c1. The van der Waals surface area contributed by atoms with Crippen LogP contribution in [0.3, 0.4) is 0 Å². The molecule has 86 valence electrons. The van der Waals surface area contributed by atoms with E-state index in [1.165, 1.54) is 12.3 Å². The van der Waals surface area contributed by atoms with Crippen LogP contribution in [0.1, 0.15) is 10.4 Å². The van der Waals surface area contributed by atoms with Gasteiger partial charge in [-0.3, -0.25) is 4.21 Å². The van der Waals surface area contributed by atoms with Crippen molar-refractivity contribution < 1.29 is 14.1 Å². The number of nitrogens with zero attached hydrogens (tertiary/aromatic N) is 2. The molecular formula is C10H12N2O3S. The number of rotatable bonds is 2. The van der Waals surface area contributed by atoms with E-state index >= 15 is 0 Å². The number of pyridine rings is 1. The summed E-state index contributed by atoms with van der Waals surface area (Å²) in [6.45, 7) is 1.34. The fourth-order valence-electron chi connectivity index (χ4n) is 1.59. The zero-order valence-corrected chi connectivity index (χ0v) is 9.44. The highest BCUT2D eigenvalue weighted by Gasteiger charge is 2.17. The number of anilines is 1. The Balaban J connectivity index is 2.17. The number of carboxylic acids is 1. The molecule has 0 atom stereocenters. The van der Waals surface area contributed by atoms with Crippen molar-refractivity contribution in [1.82, 2.24) is 4.98 Å². The molecule has 1 aromatic heterocycles. The Bertz CT molecular complexity index is 426. The van der Waals surface area contributed by atoms with Gasteiger partial charge >= 0.3 is 5.97 Å². The van der Waals surface area contributed by atoms with Crippen LogP contribution in [0.15, 0.2) is 18.3 Å². The van der Waals surface area contributed by atoms with Gasteiger partial charge in [-0.25, -0.2) is 9.78 Å². The quantitative estimate of drug-likeness (QED) is 0.807. The van der Waals surface area contributed by atoms with E-state index in [9.17, 15) is 9.00 Å². The van der Waals surface area contributed by atoms with Crippen LogP contribution in [0.2, 0.25) is 0 Å². The van der Waals surface area contributed by atoms with E-state index in [2.05, 4.69) is 4.98 Å². The fourth-order valence-corrected chi connectivity index (χ4v) is 2.64. The van der Waals surface area contributed by atoms with Gasteiger partial charge in [0.05, 0.1) is 5.56 Å². The van der Waals surface area contributed by atoms with Gasteiger partial charge in [-0.2, -0.15) is 0 Å². The van der Waals surface area contributed by atoms with Crippen molar-refractivity contribution >= 4 is 22.6 Å². The molecule has 1 aromatic rings. The van der Waals surface area contributed by atoms with Crippen molar-refractivity contribution in [2.75, 3.05) is 29.5 Å². The number of aromatic carboxylic acids is 1. The molecule has 6 heteroatoms. The van der Waals surface area contributed by atoms with Crippen molar-refractivity contribution in [2.24, 2.45) is 0 Å². The number of hydrogen-bond donors (Lipinski definition) is 1. The normalized spacial score (nSPS) is 17.4. The van der Waals surface area contributed by atoms with Gasteiger partial charge in [0, 0.05) is 41.6 Å². The predicted molar refractivity (Wildman–Crippen MR) is 61.3 cm³/mol. The van der Waals surface area contributed by atoms with E-state index < -0.39 is 16.8 Å². The van der Waals surface area contributed by atoms with Gasteiger partial charge in [0.25, 0.3) is 0 Å². The van der Waals surface area contributed by atoms with E-state index in [1.807, 2.05) is 4.90 Å². The van der Waals surface area contributed by atoms with Crippen LogP contribution in [0.5, 0.6) is 0 Å². The highest BCUT2D eigenvalue weighted by molar-refractivity contribution is 7.85. The van der Waals surface area contributed by atoms with Gasteiger partial charge in [-0.1, -0.05) is 0 Å². The van der Waals surface area contributed by atoms with E-state index in [0.29, 0.717) is 30.4 Å². The molecule has 2 rings (SSSR count). The Morgan fingerprint density at radius 1 is 1.44 bits per heavy atom. The van der Waals surface area contributed by atoms with Crippen LogP contribution in [-0.4, -0.2) is 44.9 Å². The van der Waals surface area contributed by atoms with Crippen LogP contribution >= 0.6 is 0 Å². The van der Waals surface area contributed by atoms with Crippen LogP contribution in [0.25, 0.3) is 0 Å².